The highest BCUT2D eigenvalue weighted by molar-refractivity contribution is 5.96. The lowest BCUT2D eigenvalue weighted by Gasteiger charge is -2.11. The molecule has 0 aromatic heterocycles. The molecular weight excluding hydrogens is 256 g/mol. The molecule has 4 heteroatoms. The molecule has 2 rings (SSSR count). The minimum Gasteiger partial charge on any atom is -0.481 e. The van der Waals surface area contributed by atoms with Crippen molar-refractivity contribution in [3.05, 3.63) is 59.7 Å². The normalized spacial score (nSPS) is 10.2. The van der Waals surface area contributed by atoms with E-state index in [1.54, 1.807) is 24.3 Å². The van der Waals surface area contributed by atoms with E-state index in [4.69, 9.17) is 5.11 Å². The Bertz CT molecular complexity index is 646. The van der Waals surface area contributed by atoms with Gasteiger partial charge in [-0.25, -0.2) is 4.79 Å². The molecule has 0 saturated carbocycles. The van der Waals surface area contributed by atoms with Crippen molar-refractivity contribution in [3.63, 3.8) is 0 Å². The van der Waals surface area contributed by atoms with Crippen molar-refractivity contribution >= 4 is 11.9 Å². The Hall–Kier alpha value is -2.62. The van der Waals surface area contributed by atoms with Crippen LogP contribution >= 0.6 is 0 Å². The number of aryl methyl sites for hydroxylation is 1. The van der Waals surface area contributed by atoms with Gasteiger partial charge in [0.25, 0.3) is 0 Å². The third kappa shape index (κ3) is 3.03. The number of hydrogen-bond donors (Lipinski definition) is 2. The molecule has 0 atom stereocenters. The predicted octanol–water partition coefficient (Wildman–Crippen LogP) is 3.07. The molecule has 102 valence electrons. The van der Waals surface area contributed by atoms with Gasteiger partial charge in [-0.3, -0.25) is 4.79 Å². The molecule has 0 amide bonds. The second-order valence-corrected chi connectivity index (χ2v) is 4.40. The van der Waals surface area contributed by atoms with Gasteiger partial charge in [-0.05, 0) is 29.2 Å². The van der Waals surface area contributed by atoms with E-state index in [1.807, 2.05) is 24.3 Å². The number of carboxylic acids is 2. The largest absolute Gasteiger partial charge is 0.481 e. The summed E-state index contributed by atoms with van der Waals surface area (Å²) in [6.45, 7) is 0. The van der Waals surface area contributed by atoms with Crippen LogP contribution in [-0.4, -0.2) is 22.2 Å². The maximum Gasteiger partial charge on any atom is 0.336 e. The molecule has 0 aliphatic carbocycles. The van der Waals surface area contributed by atoms with Crippen LogP contribution in [0, 0.1) is 0 Å². The van der Waals surface area contributed by atoms with Crippen molar-refractivity contribution in [1.29, 1.82) is 0 Å². The Kier molecular flexibility index (Phi) is 4.15. The zero-order valence-electron chi connectivity index (χ0n) is 10.7. The van der Waals surface area contributed by atoms with Crippen LogP contribution in [0.5, 0.6) is 0 Å². The van der Waals surface area contributed by atoms with Crippen molar-refractivity contribution < 1.29 is 19.8 Å². The smallest absolute Gasteiger partial charge is 0.336 e. The molecule has 2 N–H and O–H groups in total. The van der Waals surface area contributed by atoms with E-state index in [0.29, 0.717) is 12.0 Å². The molecule has 0 bridgehead atoms. The first-order chi connectivity index (χ1) is 9.59. The van der Waals surface area contributed by atoms with Crippen LogP contribution in [0.1, 0.15) is 22.3 Å². The number of aromatic carboxylic acids is 1. The Morgan fingerprint density at radius 1 is 0.850 bits per heavy atom. The molecule has 0 unspecified atom stereocenters. The predicted molar refractivity (Wildman–Crippen MR) is 74.8 cm³/mol. The first-order valence-corrected chi connectivity index (χ1v) is 6.22. The summed E-state index contributed by atoms with van der Waals surface area (Å²) in [5, 5.41) is 18.0. The maximum absolute atomic E-state index is 11.3. The van der Waals surface area contributed by atoms with Gasteiger partial charge in [0.2, 0.25) is 0 Å². The number of carbonyl (C=O) groups is 2. The molecule has 0 heterocycles. The summed E-state index contributed by atoms with van der Waals surface area (Å²) in [5.41, 5.74) is 2.44. The second-order valence-electron chi connectivity index (χ2n) is 4.40. The van der Waals surface area contributed by atoms with Gasteiger partial charge < -0.3 is 10.2 Å². The van der Waals surface area contributed by atoms with Gasteiger partial charge in [0.05, 0.1) is 5.56 Å². The molecule has 20 heavy (non-hydrogen) atoms. The zero-order chi connectivity index (χ0) is 14.5. The van der Waals surface area contributed by atoms with Crippen LogP contribution < -0.4 is 0 Å². The third-order valence-electron chi connectivity index (χ3n) is 3.07. The van der Waals surface area contributed by atoms with Crippen molar-refractivity contribution in [3.8, 4) is 11.1 Å². The fourth-order valence-corrected chi connectivity index (χ4v) is 2.15. The van der Waals surface area contributed by atoms with Gasteiger partial charge in [0.15, 0.2) is 0 Å². The van der Waals surface area contributed by atoms with Crippen LogP contribution in [0.3, 0.4) is 0 Å². The lowest BCUT2D eigenvalue weighted by atomic mass is 9.93. The third-order valence-corrected chi connectivity index (χ3v) is 3.07. The average Bonchev–Trinajstić information content (AvgIpc) is 2.45. The summed E-state index contributed by atoms with van der Waals surface area (Å²) in [6.07, 6.45) is 0.395. The summed E-state index contributed by atoms with van der Waals surface area (Å²) < 4.78 is 0. The van der Waals surface area contributed by atoms with E-state index in [2.05, 4.69) is 0 Å². The molecular formula is C16H14O4. The number of hydrogen-bond acceptors (Lipinski definition) is 2. The molecule has 2 aromatic rings. The molecule has 0 spiro atoms. The summed E-state index contributed by atoms with van der Waals surface area (Å²) >= 11 is 0. The van der Waals surface area contributed by atoms with Crippen molar-refractivity contribution in [2.75, 3.05) is 0 Å². The van der Waals surface area contributed by atoms with Gasteiger partial charge in [0, 0.05) is 6.42 Å². The highest BCUT2D eigenvalue weighted by Crippen LogP contribution is 2.28. The van der Waals surface area contributed by atoms with Gasteiger partial charge in [0.1, 0.15) is 0 Å². The monoisotopic (exact) mass is 270 g/mol. The first kappa shape index (κ1) is 13.8. The van der Waals surface area contributed by atoms with Crippen LogP contribution in [0.2, 0.25) is 0 Å². The fourth-order valence-electron chi connectivity index (χ4n) is 2.15. The topological polar surface area (TPSA) is 74.6 Å². The maximum atomic E-state index is 11.3. The van der Waals surface area contributed by atoms with Crippen LogP contribution in [0.4, 0.5) is 0 Å². The van der Waals surface area contributed by atoms with Crippen LogP contribution in [-0.2, 0) is 11.2 Å². The highest BCUT2D eigenvalue weighted by atomic mass is 16.4. The Balaban J connectivity index is 2.47. The van der Waals surface area contributed by atoms with Crippen molar-refractivity contribution in [2.24, 2.45) is 0 Å². The van der Waals surface area contributed by atoms with Crippen LogP contribution in [0.25, 0.3) is 11.1 Å². The summed E-state index contributed by atoms with van der Waals surface area (Å²) in [4.78, 5) is 22.0. The summed E-state index contributed by atoms with van der Waals surface area (Å²) in [5.74, 6) is -1.86. The van der Waals surface area contributed by atoms with Gasteiger partial charge >= 0.3 is 11.9 Å². The summed E-state index contributed by atoms with van der Waals surface area (Å²) in [6, 6.07) is 14.0. The molecule has 2 aromatic carbocycles. The van der Waals surface area contributed by atoms with Gasteiger partial charge in [-0.1, -0.05) is 42.5 Å². The lowest BCUT2D eigenvalue weighted by molar-refractivity contribution is -0.136. The van der Waals surface area contributed by atoms with E-state index in [1.165, 1.54) is 0 Å². The fraction of sp³-hybridized carbons (Fsp3) is 0.125. The van der Waals surface area contributed by atoms with E-state index in [-0.39, 0.29) is 12.0 Å². The quantitative estimate of drug-likeness (QED) is 0.875. The number of rotatable bonds is 5. The van der Waals surface area contributed by atoms with E-state index < -0.39 is 11.9 Å². The zero-order valence-corrected chi connectivity index (χ0v) is 10.7. The Morgan fingerprint density at radius 2 is 1.45 bits per heavy atom. The number of aliphatic carboxylic acids is 1. The second kappa shape index (κ2) is 6.02. The van der Waals surface area contributed by atoms with Crippen molar-refractivity contribution in [1.82, 2.24) is 0 Å². The van der Waals surface area contributed by atoms with Crippen LogP contribution in [0.15, 0.2) is 48.5 Å². The number of carboxylic acid groups (broad SMARTS) is 2. The SMILES string of the molecule is O=C(O)CCc1ccccc1-c1ccccc1C(=O)O. The molecule has 0 fully saturated rings. The van der Waals surface area contributed by atoms with Gasteiger partial charge in [-0.2, -0.15) is 0 Å². The Labute approximate surface area is 116 Å². The van der Waals surface area contributed by atoms with Gasteiger partial charge in [-0.15, -0.1) is 0 Å². The lowest BCUT2D eigenvalue weighted by Crippen LogP contribution is -2.02. The minimum absolute atomic E-state index is 0.0201. The Morgan fingerprint density at radius 3 is 2.10 bits per heavy atom. The van der Waals surface area contributed by atoms with E-state index >= 15 is 0 Å². The molecule has 0 aliphatic rings. The first-order valence-electron chi connectivity index (χ1n) is 6.22. The molecule has 0 saturated heterocycles. The number of benzene rings is 2. The van der Waals surface area contributed by atoms with E-state index in [9.17, 15) is 14.7 Å². The minimum atomic E-state index is -0.992. The highest BCUT2D eigenvalue weighted by Gasteiger charge is 2.13. The molecule has 4 nitrogen and oxygen atoms in total. The van der Waals surface area contributed by atoms with Crippen molar-refractivity contribution in [2.45, 2.75) is 12.8 Å². The standard InChI is InChI=1S/C16H14O4/c17-15(18)10-9-11-5-1-2-6-12(11)13-7-3-4-8-14(13)16(19)20/h1-8H,9-10H2,(H,17,18)(H,19,20). The molecule has 0 radical (unpaired) electrons. The van der Waals surface area contributed by atoms with E-state index in [0.717, 1.165) is 11.1 Å². The summed E-state index contributed by atoms with van der Waals surface area (Å²) in [7, 11) is 0. The molecule has 0 aliphatic heterocycles. The average molecular weight is 270 g/mol.